The summed E-state index contributed by atoms with van der Waals surface area (Å²) >= 11 is 0. The van der Waals surface area contributed by atoms with Crippen LogP contribution in [0.1, 0.15) is 33.6 Å². The van der Waals surface area contributed by atoms with Gasteiger partial charge < -0.3 is 9.47 Å². The highest BCUT2D eigenvalue weighted by Gasteiger charge is 2.24. The number of ether oxygens (including phenoxy) is 2. The van der Waals surface area contributed by atoms with Crippen molar-refractivity contribution in [3.8, 4) is 0 Å². The molecule has 0 aliphatic carbocycles. The second-order valence-corrected chi connectivity index (χ2v) is 3.37. The van der Waals surface area contributed by atoms with Crippen LogP contribution in [0, 0.1) is 5.92 Å². The first-order chi connectivity index (χ1) is 5.24. The minimum atomic E-state index is 0.0613. The second kappa shape index (κ2) is 4.07. The number of rotatable bonds is 2. The van der Waals surface area contributed by atoms with Crippen LogP contribution in [0.5, 0.6) is 0 Å². The summed E-state index contributed by atoms with van der Waals surface area (Å²) in [5.41, 5.74) is 0. The van der Waals surface area contributed by atoms with Crippen LogP contribution < -0.4 is 0 Å². The van der Waals surface area contributed by atoms with Crippen LogP contribution in [-0.2, 0) is 9.47 Å². The van der Waals surface area contributed by atoms with E-state index in [1.165, 1.54) is 0 Å². The van der Waals surface area contributed by atoms with Crippen molar-refractivity contribution in [1.82, 2.24) is 0 Å². The Morgan fingerprint density at radius 3 is 2.64 bits per heavy atom. The van der Waals surface area contributed by atoms with E-state index in [2.05, 4.69) is 20.8 Å². The molecule has 0 bridgehead atoms. The Labute approximate surface area is 68.9 Å². The van der Waals surface area contributed by atoms with Gasteiger partial charge in [0.25, 0.3) is 0 Å². The molecule has 1 heterocycles. The summed E-state index contributed by atoms with van der Waals surface area (Å²) in [6.07, 6.45) is 2.58. The van der Waals surface area contributed by atoms with Crippen molar-refractivity contribution in [2.24, 2.45) is 5.92 Å². The Balaban J connectivity index is 2.28. The molecule has 0 amide bonds. The highest BCUT2D eigenvalue weighted by molar-refractivity contribution is 4.66. The lowest BCUT2D eigenvalue weighted by molar-refractivity contribution is -0.230. The Morgan fingerprint density at radius 2 is 2.09 bits per heavy atom. The molecule has 1 fully saturated rings. The van der Waals surface area contributed by atoms with Crippen molar-refractivity contribution in [1.29, 1.82) is 0 Å². The maximum Gasteiger partial charge on any atom is 0.157 e. The van der Waals surface area contributed by atoms with E-state index in [1.54, 1.807) is 0 Å². The van der Waals surface area contributed by atoms with Crippen molar-refractivity contribution in [3.05, 3.63) is 0 Å². The minimum Gasteiger partial charge on any atom is -0.352 e. The van der Waals surface area contributed by atoms with E-state index in [4.69, 9.17) is 9.47 Å². The molecule has 0 saturated carbocycles. The van der Waals surface area contributed by atoms with Crippen LogP contribution in [-0.4, -0.2) is 19.0 Å². The van der Waals surface area contributed by atoms with Crippen molar-refractivity contribution in [2.45, 2.75) is 46.0 Å². The van der Waals surface area contributed by atoms with Crippen LogP contribution >= 0.6 is 0 Å². The maximum atomic E-state index is 5.62. The standard InChI is InChI=1S/C9H18O2/c1-4-5-9-10-6-7(2)8(3)11-9/h7-9H,4-6H2,1-3H3. The van der Waals surface area contributed by atoms with Crippen molar-refractivity contribution >= 4 is 0 Å². The van der Waals surface area contributed by atoms with Gasteiger partial charge in [-0.2, -0.15) is 0 Å². The molecule has 0 aromatic heterocycles. The maximum absolute atomic E-state index is 5.62. The molecule has 3 unspecified atom stereocenters. The summed E-state index contributed by atoms with van der Waals surface area (Å²) in [5, 5.41) is 0. The molecule has 66 valence electrons. The van der Waals surface area contributed by atoms with Gasteiger partial charge in [-0.15, -0.1) is 0 Å². The molecule has 1 aliphatic heterocycles. The van der Waals surface area contributed by atoms with Crippen molar-refractivity contribution in [2.75, 3.05) is 6.61 Å². The van der Waals surface area contributed by atoms with Gasteiger partial charge in [-0.25, -0.2) is 0 Å². The van der Waals surface area contributed by atoms with E-state index in [1.807, 2.05) is 0 Å². The Hall–Kier alpha value is -0.0800. The average Bonchev–Trinajstić information content (AvgIpc) is 1.98. The fraction of sp³-hybridized carbons (Fsp3) is 1.00. The van der Waals surface area contributed by atoms with Gasteiger partial charge in [0.2, 0.25) is 0 Å². The van der Waals surface area contributed by atoms with Gasteiger partial charge in [0.05, 0.1) is 12.7 Å². The first-order valence-electron chi connectivity index (χ1n) is 4.51. The van der Waals surface area contributed by atoms with Gasteiger partial charge in [-0.05, 0) is 13.3 Å². The number of hydrogen-bond acceptors (Lipinski definition) is 2. The molecular weight excluding hydrogens is 140 g/mol. The summed E-state index contributed by atoms with van der Waals surface area (Å²) in [5.74, 6) is 0.545. The summed E-state index contributed by atoms with van der Waals surface area (Å²) in [6.45, 7) is 7.28. The zero-order valence-electron chi connectivity index (χ0n) is 7.67. The molecule has 0 aromatic rings. The van der Waals surface area contributed by atoms with Gasteiger partial charge in [-0.1, -0.05) is 20.3 Å². The van der Waals surface area contributed by atoms with Crippen LogP contribution in [0.25, 0.3) is 0 Å². The highest BCUT2D eigenvalue weighted by Crippen LogP contribution is 2.20. The predicted octanol–water partition coefficient (Wildman–Crippen LogP) is 2.18. The predicted molar refractivity (Wildman–Crippen MR) is 44.4 cm³/mol. The van der Waals surface area contributed by atoms with Crippen LogP contribution in [0.15, 0.2) is 0 Å². The molecule has 2 nitrogen and oxygen atoms in total. The smallest absolute Gasteiger partial charge is 0.157 e. The summed E-state index contributed by atoms with van der Waals surface area (Å²) in [7, 11) is 0. The van der Waals surface area contributed by atoms with Gasteiger partial charge in [0.15, 0.2) is 6.29 Å². The molecule has 0 aromatic carbocycles. The van der Waals surface area contributed by atoms with Gasteiger partial charge in [-0.3, -0.25) is 0 Å². The molecule has 3 atom stereocenters. The zero-order valence-corrected chi connectivity index (χ0v) is 7.67. The molecule has 11 heavy (non-hydrogen) atoms. The van der Waals surface area contributed by atoms with Crippen LogP contribution in [0.2, 0.25) is 0 Å². The van der Waals surface area contributed by atoms with E-state index >= 15 is 0 Å². The fourth-order valence-corrected chi connectivity index (χ4v) is 1.19. The lowest BCUT2D eigenvalue weighted by Crippen LogP contribution is -2.36. The van der Waals surface area contributed by atoms with E-state index in [-0.39, 0.29) is 6.29 Å². The van der Waals surface area contributed by atoms with Crippen LogP contribution in [0.4, 0.5) is 0 Å². The molecule has 1 saturated heterocycles. The van der Waals surface area contributed by atoms with Crippen LogP contribution in [0.3, 0.4) is 0 Å². The number of hydrogen-bond donors (Lipinski definition) is 0. The molecule has 2 heteroatoms. The third-order valence-corrected chi connectivity index (χ3v) is 2.24. The Kier molecular flexibility index (Phi) is 3.34. The van der Waals surface area contributed by atoms with E-state index < -0.39 is 0 Å². The van der Waals surface area contributed by atoms with Gasteiger partial charge in [0, 0.05) is 5.92 Å². The van der Waals surface area contributed by atoms with Crippen molar-refractivity contribution < 1.29 is 9.47 Å². The van der Waals surface area contributed by atoms with E-state index in [0.29, 0.717) is 12.0 Å². The third kappa shape index (κ3) is 2.46. The molecule has 0 N–H and O–H groups in total. The largest absolute Gasteiger partial charge is 0.352 e. The lowest BCUT2D eigenvalue weighted by atomic mass is 10.1. The summed E-state index contributed by atoms with van der Waals surface area (Å²) < 4.78 is 11.1. The summed E-state index contributed by atoms with van der Waals surface area (Å²) in [6, 6.07) is 0. The molecule has 1 aliphatic rings. The third-order valence-electron chi connectivity index (χ3n) is 2.24. The first-order valence-corrected chi connectivity index (χ1v) is 4.51. The van der Waals surface area contributed by atoms with E-state index in [0.717, 1.165) is 19.4 Å². The lowest BCUT2D eigenvalue weighted by Gasteiger charge is -2.32. The zero-order chi connectivity index (χ0) is 8.27. The Bertz CT molecular complexity index is 114. The second-order valence-electron chi connectivity index (χ2n) is 3.37. The molecular formula is C9H18O2. The first kappa shape index (κ1) is 9.01. The van der Waals surface area contributed by atoms with Gasteiger partial charge in [0.1, 0.15) is 0 Å². The van der Waals surface area contributed by atoms with Crippen molar-refractivity contribution in [3.63, 3.8) is 0 Å². The summed E-state index contributed by atoms with van der Waals surface area (Å²) in [4.78, 5) is 0. The highest BCUT2D eigenvalue weighted by atomic mass is 16.7. The topological polar surface area (TPSA) is 18.5 Å². The minimum absolute atomic E-state index is 0.0613. The normalized spacial score (nSPS) is 39.0. The monoisotopic (exact) mass is 158 g/mol. The average molecular weight is 158 g/mol. The fourth-order valence-electron chi connectivity index (χ4n) is 1.19. The van der Waals surface area contributed by atoms with E-state index in [9.17, 15) is 0 Å². The van der Waals surface area contributed by atoms with Gasteiger partial charge >= 0.3 is 0 Å². The molecule has 1 rings (SSSR count). The molecule has 0 spiro atoms. The Morgan fingerprint density at radius 1 is 1.36 bits per heavy atom. The molecule has 0 radical (unpaired) electrons. The SMILES string of the molecule is CCCC1OCC(C)C(C)O1. The quantitative estimate of drug-likeness (QED) is 0.613.